The maximum absolute atomic E-state index is 11.9. The van der Waals surface area contributed by atoms with E-state index in [1.165, 1.54) is 12.0 Å². The fourth-order valence-electron chi connectivity index (χ4n) is 3.44. The fraction of sp³-hybridized carbons (Fsp3) is 0.545. The summed E-state index contributed by atoms with van der Waals surface area (Å²) in [5.74, 6) is 0.864. The van der Waals surface area contributed by atoms with Gasteiger partial charge in [-0.1, -0.05) is 51.5 Å². The van der Waals surface area contributed by atoms with Gasteiger partial charge in [-0.05, 0) is 36.7 Å². The number of hydrogen-bond donors (Lipinski definition) is 2. The molecule has 0 radical (unpaired) electrons. The van der Waals surface area contributed by atoms with E-state index in [0.29, 0.717) is 13.0 Å². The highest BCUT2D eigenvalue weighted by Gasteiger charge is 2.17. The summed E-state index contributed by atoms with van der Waals surface area (Å²) in [4.78, 5) is 19.7. The summed E-state index contributed by atoms with van der Waals surface area (Å²) in [5, 5.41) is 2.83. The van der Waals surface area contributed by atoms with Crippen LogP contribution in [0.5, 0.6) is 0 Å². The lowest BCUT2D eigenvalue weighted by molar-refractivity contribution is 0.0755. The Kier molecular flexibility index (Phi) is 6.19. The van der Waals surface area contributed by atoms with E-state index in [2.05, 4.69) is 60.3 Å². The fourth-order valence-corrected chi connectivity index (χ4v) is 3.44. The lowest BCUT2D eigenvalue weighted by Gasteiger charge is -2.21. The molecule has 0 unspecified atom stereocenters. The molecule has 0 atom stereocenters. The van der Waals surface area contributed by atoms with Crippen molar-refractivity contribution in [3.8, 4) is 11.3 Å². The second-order valence-corrected chi connectivity index (χ2v) is 8.40. The first-order valence-corrected chi connectivity index (χ1v) is 10.0. The van der Waals surface area contributed by atoms with E-state index >= 15 is 0 Å². The van der Waals surface area contributed by atoms with Crippen LogP contribution in [0.3, 0.4) is 0 Å². The molecule has 3 rings (SSSR count). The molecule has 2 aromatic rings. The number of carbonyl (C=O) groups excluding carboxylic acids is 1. The van der Waals surface area contributed by atoms with Gasteiger partial charge < -0.3 is 15.0 Å². The van der Waals surface area contributed by atoms with Crippen molar-refractivity contribution in [1.82, 2.24) is 15.3 Å². The number of imidazole rings is 1. The summed E-state index contributed by atoms with van der Waals surface area (Å²) >= 11 is 0. The molecule has 0 bridgehead atoms. The van der Waals surface area contributed by atoms with Crippen molar-refractivity contribution in [2.45, 2.75) is 70.8 Å². The Morgan fingerprint density at radius 2 is 1.89 bits per heavy atom. The van der Waals surface area contributed by atoms with Crippen molar-refractivity contribution < 1.29 is 9.53 Å². The van der Waals surface area contributed by atoms with E-state index in [0.717, 1.165) is 42.8 Å². The number of alkyl carbamates (subject to hydrolysis) is 1. The van der Waals surface area contributed by atoms with Gasteiger partial charge in [0, 0.05) is 24.7 Å². The summed E-state index contributed by atoms with van der Waals surface area (Å²) < 4.78 is 5.46. The number of carbonyl (C=O) groups is 1. The van der Waals surface area contributed by atoms with Crippen LogP contribution in [-0.2, 0) is 16.6 Å². The highest BCUT2D eigenvalue weighted by molar-refractivity contribution is 5.67. The molecule has 1 aromatic carbocycles. The Morgan fingerprint density at radius 3 is 2.56 bits per heavy atom. The van der Waals surface area contributed by atoms with Gasteiger partial charge in [0.05, 0.1) is 5.69 Å². The number of ether oxygens (including phenoxy) is 1. The maximum atomic E-state index is 11.9. The van der Waals surface area contributed by atoms with E-state index in [4.69, 9.17) is 4.74 Å². The van der Waals surface area contributed by atoms with E-state index in [1.807, 2.05) is 6.20 Å². The molecule has 2 N–H and O–H groups in total. The summed E-state index contributed by atoms with van der Waals surface area (Å²) in [6.45, 7) is 7.14. The Balaban J connectivity index is 1.47. The molecule has 0 saturated heterocycles. The van der Waals surface area contributed by atoms with Gasteiger partial charge in [0.2, 0.25) is 0 Å². The molecule has 1 amide bonds. The number of amides is 1. The predicted octanol–water partition coefficient (Wildman–Crippen LogP) is 4.98. The smallest absolute Gasteiger partial charge is 0.407 e. The highest BCUT2D eigenvalue weighted by Crippen LogP contribution is 2.25. The summed E-state index contributed by atoms with van der Waals surface area (Å²) in [7, 11) is 0. The van der Waals surface area contributed by atoms with Crippen LogP contribution in [0, 0.1) is 0 Å². The van der Waals surface area contributed by atoms with E-state index in [1.54, 1.807) is 0 Å². The second kappa shape index (κ2) is 8.59. The van der Waals surface area contributed by atoms with E-state index in [-0.39, 0.29) is 17.6 Å². The summed E-state index contributed by atoms with van der Waals surface area (Å²) in [6, 6.07) is 8.54. The van der Waals surface area contributed by atoms with Crippen LogP contribution in [0.15, 0.2) is 30.5 Å². The zero-order valence-corrected chi connectivity index (χ0v) is 16.7. The van der Waals surface area contributed by atoms with Crippen LogP contribution in [0.1, 0.15) is 64.3 Å². The monoisotopic (exact) mass is 369 g/mol. The van der Waals surface area contributed by atoms with Crippen LogP contribution < -0.4 is 5.32 Å². The molecule has 1 fully saturated rings. The third kappa shape index (κ3) is 5.59. The van der Waals surface area contributed by atoms with Crippen molar-refractivity contribution in [3.63, 3.8) is 0 Å². The number of H-pyrrole nitrogens is 1. The minimum absolute atomic E-state index is 0.0880. The Bertz CT molecular complexity index is 738. The third-order valence-electron chi connectivity index (χ3n) is 5.13. The van der Waals surface area contributed by atoms with Crippen molar-refractivity contribution in [2.75, 3.05) is 6.54 Å². The van der Waals surface area contributed by atoms with Gasteiger partial charge in [-0.25, -0.2) is 9.78 Å². The van der Waals surface area contributed by atoms with Crippen molar-refractivity contribution in [3.05, 3.63) is 41.9 Å². The van der Waals surface area contributed by atoms with Crippen molar-refractivity contribution in [1.29, 1.82) is 0 Å². The van der Waals surface area contributed by atoms with Crippen LogP contribution in [0.25, 0.3) is 11.3 Å². The number of rotatable bonds is 5. The molecule has 5 heteroatoms. The van der Waals surface area contributed by atoms with Gasteiger partial charge in [-0.2, -0.15) is 0 Å². The first-order chi connectivity index (χ1) is 12.9. The average molecular weight is 370 g/mol. The van der Waals surface area contributed by atoms with Gasteiger partial charge >= 0.3 is 6.09 Å². The van der Waals surface area contributed by atoms with Crippen LogP contribution >= 0.6 is 0 Å². The Hall–Kier alpha value is -2.30. The molecular formula is C22H31N3O2. The molecule has 0 spiro atoms. The largest absolute Gasteiger partial charge is 0.446 e. The highest BCUT2D eigenvalue weighted by atomic mass is 16.6. The number of nitrogens with zero attached hydrogens (tertiary/aromatic N) is 1. The van der Waals surface area contributed by atoms with Gasteiger partial charge in [-0.15, -0.1) is 0 Å². The SMILES string of the molecule is CC(C)(C)c1ccc(-c2c[nH]c(CCNC(=O)OC3CCCCC3)n2)cc1. The molecule has 0 aliphatic heterocycles. The van der Waals surface area contributed by atoms with Gasteiger partial charge in [0.25, 0.3) is 0 Å². The molecule has 1 heterocycles. The maximum Gasteiger partial charge on any atom is 0.407 e. The second-order valence-electron chi connectivity index (χ2n) is 8.40. The Morgan fingerprint density at radius 1 is 1.19 bits per heavy atom. The van der Waals surface area contributed by atoms with Crippen molar-refractivity contribution in [2.24, 2.45) is 0 Å². The predicted molar refractivity (Wildman–Crippen MR) is 108 cm³/mol. The van der Waals surface area contributed by atoms with Crippen molar-refractivity contribution >= 4 is 6.09 Å². The minimum Gasteiger partial charge on any atom is -0.446 e. The topological polar surface area (TPSA) is 67.0 Å². The minimum atomic E-state index is -0.313. The zero-order valence-electron chi connectivity index (χ0n) is 16.7. The van der Waals surface area contributed by atoms with Gasteiger partial charge in [0.15, 0.2) is 0 Å². The summed E-state index contributed by atoms with van der Waals surface area (Å²) in [6.07, 6.45) is 7.89. The number of benzene rings is 1. The van der Waals surface area contributed by atoms with Crippen LogP contribution in [0.4, 0.5) is 4.79 Å². The number of hydrogen-bond acceptors (Lipinski definition) is 3. The van der Waals surface area contributed by atoms with Gasteiger partial charge in [-0.3, -0.25) is 0 Å². The Labute approximate surface area is 161 Å². The zero-order chi connectivity index (χ0) is 19.3. The van der Waals surface area contributed by atoms with Gasteiger partial charge in [0.1, 0.15) is 11.9 Å². The molecule has 5 nitrogen and oxygen atoms in total. The molecular weight excluding hydrogens is 338 g/mol. The standard InChI is InChI=1S/C22H31N3O2/c1-22(2,3)17-11-9-16(10-12-17)19-15-24-20(25-19)13-14-23-21(26)27-18-7-5-4-6-8-18/h9-12,15,18H,4-8,13-14H2,1-3H3,(H,23,26)(H,24,25). The normalized spacial score (nSPS) is 15.5. The molecule has 1 saturated carbocycles. The van der Waals surface area contributed by atoms with Crippen LogP contribution in [-0.4, -0.2) is 28.7 Å². The molecule has 1 aromatic heterocycles. The first kappa shape index (κ1) is 19.5. The number of nitrogens with one attached hydrogen (secondary N) is 2. The van der Waals surface area contributed by atoms with Crippen LogP contribution in [0.2, 0.25) is 0 Å². The quantitative estimate of drug-likeness (QED) is 0.781. The average Bonchev–Trinajstić information content (AvgIpc) is 3.11. The molecule has 1 aliphatic rings. The first-order valence-electron chi connectivity index (χ1n) is 10.0. The van der Waals surface area contributed by atoms with E-state index < -0.39 is 0 Å². The summed E-state index contributed by atoms with van der Waals surface area (Å²) in [5.41, 5.74) is 3.47. The molecule has 27 heavy (non-hydrogen) atoms. The molecule has 1 aliphatic carbocycles. The molecule has 146 valence electrons. The van der Waals surface area contributed by atoms with E-state index in [9.17, 15) is 4.79 Å². The lowest BCUT2D eigenvalue weighted by atomic mass is 9.86. The lowest BCUT2D eigenvalue weighted by Crippen LogP contribution is -2.31. The number of aromatic nitrogens is 2. The third-order valence-corrected chi connectivity index (χ3v) is 5.13. The number of aromatic amines is 1.